The van der Waals surface area contributed by atoms with E-state index in [9.17, 15) is 4.79 Å². The van der Waals surface area contributed by atoms with Crippen LogP contribution < -0.4 is 5.32 Å². The molecule has 23 heavy (non-hydrogen) atoms. The van der Waals surface area contributed by atoms with Gasteiger partial charge in [-0.3, -0.25) is 19.6 Å². The molecule has 0 aliphatic heterocycles. The molecule has 7 heteroatoms. The number of aromatic nitrogens is 5. The maximum absolute atomic E-state index is 12.3. The summed E-state index contributed by atoms with van der Waals surface area (Å²) >= 11 is 0. The Balaban J connectivity index is 1.76. The summed E-state index contributed by atoms with van der Waals surface area (Å²) in [6.07, 6.45) is 5.06. The number of nitrogens with zero attached hydrogens (tertiary/aromatic N) is 4. The topological polar surface area (TPSA) is 88.5 Å². The van der Waals surface area contributed by atoms with Gasteiger partial charge in [-0.25, -0.2) is 0 Å². The van der Waals surface area contributed by atoms with E-state index in [4.69, 9.17) is 0 Å². The van der Waals surface area contributed by atoms with Crippen molar-refractivity contribution in [3.63, 3.8) is 0 Å². The average molecular weight is 310 g/mol. The van der Waals surface area contributed by atoms with Crippen LogP contribution in [0.15, 0.2) is 42.9 Å². The molecule has 3 aromatic rings. The van der Waals surface area contributed by atoms with Crippen LogP contribution >= 0.6 is 0 Å². The summed E-state index contributed by atoms with van der Waals surface area (Å²) in [7, 11) is 0. The van der Waals surface area contributed by atoms with Crippen molar-refractivity contribution in [1.82, 2.24) is 25.0 Å². The van der Waals surface area contributed by atoms with Gasteiger partial charge in [-0.2, -0.15) is 10.2 Å². The number of carbonyl (C=O) groups excluding carboxylic acids is 1. The number of anilines is 1. The molecule has 0 unspecified atom stereocenters. The van der Waals surface area contributed by atoms with E-state index in [-0.39, 0.29) is 5.91 Å². The lowest BCUT2D eigenvalue weighted by molar-refractivity contribution is 0.102. The minimum Gasteiger partial charge on any atom is -0.317 e. The highest BCUT2D eigenvalue weighted by molar-refractivity contribution is 6.04. The van der Waals surface area contributed by atoms with Crippen molar-refractivity contribution in [2.75, 3.05) is 5.32 Å². The van der Waals surface area contributed by atoms with Gasteiger partial charge in [0.2, 0.25) is 0 Å². The fourth-order valence-corrected chi connectivity index (χ4v) is 2.23. The summed E-state index contributed by atoms with van der Waals surface area (Å²) in [6.45, 7) is 4.98. The summed E-state index contributed by atoms with van der Waals surface area (Å²) in [6, 6.07) is 7.26. The van der Waals surface area contributed by atoms with Crippen molar-refractivity contribution in [2.24, 2.45) is 5.92 Å². The smallest absolute Gasteiger partial charge is 0.276 e. The van der Waals surface area contributed by atoms with Gasteiger partial charge in [-0.15, -0.1) is 0 Å². The third-order valence-electron chi connectivity index (χ3n) is 3.23. The van der Waals surface area contributed by atoms with E-state index in [1.165, 1.54) is 0 Å². The largest absolute Gasteiger partial charge is 0.317 e. The number of amides is 1. The molecule has 118 valence electrons. The third kappa shape index (κ3) is 3.45. The van der Waals surface area contributed by atoms with Crippen LogP contribution in [0.25, 0.3) is 11.4 Å². The zero-order chi connectivity index (χ0) is 16.2. The van der Waals surface area contributed by atoms with Crippen molar-refractivity contribution < 1.29 is 4.79 Å². The molecule has 3 heterocycles. The van der Waals surface area contributed by atoms with E-state index < -0.39 is 0 Å². The molecule has 0 aliphatic rings. The summed E-state index contributed by atoms with van der Waals surface area (Å²) in [5.41, 5.74) is 2.33. The van der Waals surface area contributed by atoms with Crippen LogP contribution in [0, 0.1) is 5.92 Å². The Kier molecular flexibility index (Phi) is 4.18. The maximum Gasteiger partial charge on any atom is 0.276 e. The van der Waals surface area contributed by atoms with Gasteiger partial charge in [-0.05, 0) is 24.1 Å². The summed E-state index contributed by atoms with van der Waals surface area (Å²) in [5, 5.41) is 14.0. The van der Waals surface area contributed by atoms with E-state index in [2.05, 4.69) is 39.4 Å². The zero-order valence-electron chi connectivity index (χ0n) is 13.0. The van der Waals surface area contributed by atoms with E-state index >= 15 is 0 Å². The van der Waals surface area contributed by atoms with Crippen LogP contribution in [0.4, 0.5) is 5.69 Å². The van der Waals surface area contributed by atoms with Gasteiger partial charge in [0.1, 0.15) is 5.69 Å². The van der Waals surface area contributed by atoms with Gasteiger partial charge in [0.15, 0.2) is 5.69 Å². The van der Waals surface area contributed by atoms with E-state index in [1.807, 2.05) is 24.4 Å². The Bertz CT molecular complexity index is 790. The van der Waals surface area contributed by atoms with E-state index in [1.54, 1.807) is 23.1 Å². The highest BCUT2D eigenvalue weighted by atomic mass is 16.2. The number of H-pyrrole nitrogens is 1. The first-order valence-corrected chi connectivity index (χ1v) is 7.43. The van der Waals surface area contributed by atoms with Gasteiger partial charge in [-0.1, -0.05) is 19.9 Å². The molecule has 0 spiro atoms. The van der Waals surface area contributed by atoms with Crippen molar-refractivity contribution >= 4 is 11.6 Å². The Morgan fingerprint density at radius 3 is 2.96 bits per heavy atom. The average Bonchev–Trinajstić information content (AvgIpc) is 3.17. The fraction of sp³-hybridized carbons (Fsp3) is 0.250. The Hall–Kier alpha value is -2.96. The molecule has 3 rings (SSSR count). The van der Waals surface area contributed by atoms with Crippen molar-refractivity contribution in [2.45, 2.75) is 20.4 Å². The van der Waals surface area contributed by atoms with Crippen LogP contribution in [-0.2, 0) is 6.54 Å². The first-order chi connectivity index (χ1) is 11.1. The number of aromatic amines is 1. The number of rotatable bonds is 5. The third-order valence-corrected chi connectivity index (χ3v) is 3.23. The van der Waals surface area contributed by atoms with Crippen LogP contribution in [0.3, 0.4) is 0 Å². The number of pyridine rings is 1. The zero-order valence-corrected chi connectivity index (χ0v) is 13.0. The van der Waals surface area contributed by atoms with Gasteiger partial charge < -0.3 is 5.32 Å². The lowest BCUT2D eigenvalue weighted by Gasteiger charge is -2.05. The van der Waals surface area contributed by atoms with Crippen LogP contribution in [0.5, 0.6) is 0 Å². The molecule has 0 saturated heterocycles. The number of hydrogen-bond donors (Lipinski definition) is 2. The normalized spacial score (nSPS) is 10.9. The summed E-state index contributed by atoms with van der Waals surface area (Å²) in [5.74, 6) is 0.196. The van der Waals surface area contributed by atoms with Crippen LogP contribution in [0.1, 0.15) is 24.3 Å². The molecule has 0 saturated carbocycles. The number of carbonyl (C=O) groups is 1. The minimum absolute atomic E-state index is 0.272. The second-order valence-corrected chi connectivity index (χ2v) is 5.64. The molecular formula is C16H18N6O. The van der Waals surface area contributed by atoms with Crippen molar-refractivity contribution in [3.05, 3.63) is 48.5 Å². The minimum atomic E-state index is -0.272. The molecule has 0 aliphatic carbocycles. The Morgan fingerprint density at radius 1 is 1.35 bits per heavy atom. The molecular weight excluding hydrogens is 292 g/mol. The molecule has 2 N–H and O–H groups in total. The molecule has 0 radical (unpaired) electrons. The number of nitrogens with one attached hydrogen (secondary N) is 2. The highest BCUT2D eigenvalue weighted by Gasteiger charge is 2.15. The van der Waals surface area contributed by atoms with Crippen molar-refractivity contribution in [3.8, 4) is 11.4 Å². The Morgan fingerprint density at radius 2 is 2.22 bits per heavy atom. The lowest BCUT2D eigenvalue weighted by atomic mass is 10.2. The van der Waals surface area contributed by atoms with E-state index in [0.717, 1.165) is 6.54 Å². The van der Waals surface area contributed by atoms with Crippen molar-refractivity contribution in [1.29, 1.82) is 0 Å². The lowest BCUT2D eigenvalue weighted by Crippen LogP contribution is -2.14. The van der Waals surface area contributed by atoms with Crippen LogP contribution in [-0.4, -0.2) is 30.9 Å². The standard InChI is InChI=1S/C16H18N6O/c1-11(2)10-22-8-6-13(21-22)16(23)19-14-9-18-20-15(14)12-5-3-4-7-17-12/h3-9,11H,10H2,1-2H3,(H,18,20)(H,19,23). The highest BCUT2D eigenvalue weighted by Crippen LogP contribution is 2.23. The first-order valence-electron chi connectivity index (χ1n) is 7.43. The molecule has 0 fully saturated rings. The van der Waals surface area contributed by atoms with Crippen LogP contribution in [0.2, 0.25) is 0 Å². The maximum atomic E-state index is 12.3. The van der Waals surface area contributed by atoms with Gasteiger partial charge in [0.05, 0.1) is 17.6 Å². The quantitative estimate of drug-likeness (QED) is 0.758. The Labute approximate surface area is 133 Å². The molecule has 0 aromatic carbocycles. The van der Waals surface area contributed by atoms with Gasteiger partial charge >= 0.3 is 0 Å². The van der Waals surface area contributed by atoms with E-state index in [0.29, 0.717) is 28.7 Å². The molecule has 0 bridgehead atoms. The predicted octanol–water partition coefficient (Wildman–Crippen LogP) is 2.58. The molecule has 3 aromatic heterocycles. The SMILES string of the molecule is CC(C)Cn1ccc(C(=O)Nc2cn[nH]c2-c2ccccn2)n1. The first kappa shape index (κ1) is 15.0. The summed E-state index contributed by atoms with van der Waals surface area (Å²) < 4.78 is 1.77. The summed E-state index contributed by atoms with van der Waals surface area (Å²) in [4.78, 5) is 16.6. The number of hydrogen-bond acceptors (Lipinski definition) is 4. The molecule has 7 nitrogen and oxygen atoms in total. The predicted molar refractivity (Wildman–Crippen MR) is 86.8 cm³/mol. The fourth-order valence-electron chi connectivity index (χ4n) is 2.23. The van der Waals surface area contributed by atoms with Gasteiger partial charge in [0.25, 0.3) is 5.91 Å². The monoisotopic (exact) mass is 310 g/mol. The molecule has 1 amide bonds. The second-order valence-electron chi connectivity index (χ2n) is 5.64. The van der Waals surface area contributed by atoms with Gasteiger partial charge in [0, 0.05) is 18.9 Å². The second kappa shape index (κ2) is 6.43. The molecule has 0 atom stereocenters.